The summed E-state index contributed by atoms with van der Waals surface area (Å²) in [7, 11) is 1.48. The fourth-order valence-electron chi connectivity index (χ4n) is 1.59. The Balaban J connectivity index is 2.68. The number of carboxylic acids is 1. The first-order valence-corrected chi connectivity index (χ1v) is 5.10. The fourth-order valence-corrected chi connectivity index (χ4v) is 1.59. The van der Waals surface area contributed by atoms with Crippen LogP contribution in [0.2, 0.25) is 0 Å². The molecule has 0 aliphatic carbocycles. The van der Waals surface area contributed by atoms with Gasteiger partial charge in [0, 0.05) is 12.6 Å². The molecule has 1 aromatic heterocycles. The highest BCUT2D eigenvalue weighted by Gasteiger charge is 2.15. The van der Waals surface area contributed by atoms with Crippen LogP contribution >= 0.6 is 0 Å². The fraction of sp³-hybridized carbons (Fsp3) is 0.0833. The van der Waals surface area contributed by atoms with E-state index in [2.05, 4.69) is 5.10 Å². The minimum Gasteiger partial charge on any atom is -0.504 e. The summed E-state index contributed by atoms with van der Waals surface area (Å²) in [6.45, 7) is 0. The van der Waals surface area contributed by atoms with E-state index < -0.39 is 17.1 Å². The molecule has 2 aromatic rings. The van der Waals surface area contributed by atoms with Gasteiger partial charge in [-0.05, 0) is 18.2 Å². The second-order valence-corrected chi connectivity index (χ2v) is 3.69. The van der Waals surface area contributed by atoms with E-state index >= 15 is 0 Å². The maximum Gasteiger partial charge on any atom is 0.354 e. The molecule has 2 rings (SSSR count). The van der Waals surface area contributed by atoms with Gasteiger partial charge in [-0.25, -0.2) is 4.79 Å². The van der Waals surface area contributed by atoms with Gasteiger partial charge in [-0.1, -0.05) is 12.1 Å². The molecule has 0 radical (unpaired) electrons. The van der Waals surface area contributed by atoms with Gasteiger partial charge in [0.25, 0.3) is 0 Å². The summed E-state index contributed by atoms with van der Waals surface area (Å²) in [5.41, 5.74) is -0.130. The van der Waals surface area contributed by atoms with Gasteiger partial charge in [-0.15, -0.1) is 0 Å². The van der Waals surface area contributed by atoms with Gasteiger partial charge >= 0.3 is 5.97 Å². The second-order valence-electron chi connectivity index (χ2n) is 3.69. The molecule has 0 fully saturated rings. The topological polar surface area (TPSA) is 92.4 Å². The molecule has 0 bridgehead atoms. The smallest absolute Gasteiger partial charge is 0.354 e. The van der Waals surface area contributed by atoms with E-state index in [0.29, 0.717) is 0 Å². The molecule has 6 heteroatoms. The van der Waals surface area contributed by atoms with Crippen LogP contribution in [0.15, 0.2) is 35.1 Å². The summed E-state index contributed by atoms with van der Waals surface area (Å²) in [6.07, 6.45) is 0. The number of carbonyl (C=O) groups is 1. The van der Waals surface area contributed by atoms with E-state index in [1.807, 2.05) is 0 Å². The lowest BCUT2D eigenvalue weighted by atomic mass is 10.2. The molecule has 0 aliphatic rings. The maximum absolute atomic E-state index is 11.4. The zero-order valence-corrected chi connectivity index (χ0v) is 9.49. The Morgan fingerprint density at radius 3 is 2.61 bits per heavy atom. The maximum atomic E-state index is 11.4. The van der Waals surface area contributed by atoms with E-state index in [9.17, 15) is 14.7 Å². The molecule has 1 heterocycles. The van der Waals surface area contributed by atoms with Gasteiger partial charge in [0.2, 0.25) is 5.43 Å². The van der Waals surface area contributed by atoms with Crippen LogP contribution < -0.4 is 5.43 Å². The lowest BCUT2D eigenvalue weighted by Crippen LogP contribution is -2.04. The molecular weight excluding hydrogens is 236 g/mol. The molecular formula is C12H10N2O4. The normalized spacial score (nSPS) is 10.3. The second kappa shape index (κ2) is 4.33. The van der Waals surface area contributed by atoms with Gasteiger partial charge in [-0.3, -0.25) is 9.48 Å². The minimum absolute atomic E-state index is 0.0247. The first-order valence-electron chi connectivity index (χ1n) is 5.10. The lowest BCUT2D eigenvalue weighted by molar-refractivity contribution is 0.0685. The minimum atomic E-state index is -1.13. The molecule has 2 N–H and O–H groups in total. The average Bonchev–Trinajstić information content (AvgIpc) is 2.62. The van der Waals surface area contributed by atoms with Crippen molar-refractivity contribution in [1.29, 1.82) is 0 Å². The highest BCUT2D eigenvalue weighted by atomic mass is 16.4. The van der Waals surface area contributed by atoms with Crippen molar-refractivity contribution in [3.8, 4) is 17.0 Å². The van der Waals surface area contributed by atoms with Crippen LogP contribution in [-0.4, -0.2) is 26.0 Å². The molecule has 0 saturated heterocycles. The van der Waals surface area contributed by atoms with E-state index in [1.54, 1.807) is 6.07 Å². The molecule has 0 amide bonds. The number of aryl methyl sites for hydroxylation is 1. The van der Waals surface area contributed by atoms with Crippen molar-refractivity contribution in [3.63, 3.8) is 0 Å². The van der Waals surface area contributed by atoms with Gasteiger partial charge < -0.3 is 10.2 Å². The van der Waals surface area contributed by atoms with Crippen molar-refractivity contribution in [2.75, 3.05) is 0 Å². The van der Waals surface area contributed by atoms with Gasteiger partial charge in [0.05, 0.1) is 5.69 Å². The monoisotopic (exact) mass is 246 g/mol. The quantitative estimate of drug-likeness (QED) is 0.819. The van der Waals surface area contributed by atoms with E-state index in [1.165, 1.54) is 36.0 Å². The largest absolute Gasteiger partial charge is 0.504 e. The molecule has 0 saturated carbocycles. The highest BCUT2D eigenvalue weighted by molar-refractivity contribution is 5.87. The van der Waals surface area contributed by atoms with Crippen LogP contribution in [0.3, 0.4) is 0 Å². The Labute approximate surface area is 102 Å². The molecule has 0 aliphatic heterocycles. The summed E-state index contributed by atoms with van der Waals surface area (Å²) >= 11 is 0. The van der Waals surface area contributed by atoms with Crippen LogP contribution in [-0.2, 0) is 7.05 Å². The zero-order valence-electron chi connectivity index (χ0n) is 9.49. The molecule has 92 valence electrons. The van der Waals surface area contributed by atoms with Crippen LogP contribution in [0.25, 0.3) is 11.3 Å². The van der Waals surface area contributed by atoms with Crippen LogP contribution in [0.4, 0.5) is 0 Å². The van der Waals surface area contributed by atoms with Crippen molar-refractivity contribution in [2.45, 2.75) is 0 Å². The van der Waals surface area contributed by atoms with Crippen molar-refractivity contribution in [3.05, 3.63) is 46.2 Å². The summed E-state index contributed by atoms with van der Waals surface area (Å²) < 4.78 is 1.18. The Kier molecular flexibility index (Phi) is 2.85. The first kappa shape index (κ1) is 11.8. The van der Waals surface area contributed by atoms with Crippen molar-refractivity contribution >= 4 is 5.97 Å². The molecule has 6 nitrogen and oxygen atoms in total. The number of nitrogens with zero attached hydrogens (tertiary/aromatic N) is 2. The van der Waals surface area contributed by atoms with Gasteiger partial charge in [0.15, 0.2) is 5.75 Å². The van der Waals surface area contributed by atoms with Crippen LogP contribution in [0.5, 0.6) is 5.75 Å². The molecule has 0 spiro atoms. The number of rotatable bonds is 2. The predicted molar refractivity (Wildman–Crippen MR) is 63.5 cm³/mol. The highest BCUT2D eigenvalue weighted by Crippen LogP contribution is 2.24. The van der Waals surface area contributed by atoms with E-state index in [-0.39, 0.29) is 17.0 Å². The number of aromatic carboxylic acids is 1. The standard InChI is InChI=1S/C12H10N2O4/c1-14-9(12(17)18)6-8(13-14)7-4-2-3-5-10(15)11(7)16/h2-6H,1H3,(H,15,16)(H,17,18). The summed E-state index contributed by atoms with van der Waals surface area (Å²) in [6, 6.07) is 7.10. The SMILES string of the molecule is Cn1nc(-c2ccccc(=O)c2O)cc1C(=O)O. The number of aromatic nitrogens is 2. The molecule has 0 unspecified atom stereocenters. The van der Waals surface area contributed by atoms with Crippen molar-refractivity contribution in [1.82, 2.24) is 9.78 Å². The molecule has 1 aromatic carbocycles. The number of carboxylic acid groups (broad SMARTS) is 1. The predicted octanol–water partition coefficient (Wildman–Crippen LogP) is 0.851. The number of hydrogen-bond acceptors (Lipinski definition) is 4. The van der Waals surface area contributed by atoms with E-state index in [0.717, 1.165) is 0 Å². The third-order valence-electron chi connectivity index (χ3n) is 2.48. The number of aromatic hydroxyl groups is 1. The molecule has 18 heavy (non-hydrogen) atoms. The van der Waals surface area contributed by atoms with Gasteiger partial charge in [0.1, 0.15) is 5.69 Å². The summed E-state index contributed by atoms with van der Waals surface area (Å²) in [5.74, 6) is -1.58. The summed E-state index contributed by atoms with van der Waals surface area (Å²) in [4.78, 5) is 22.3. The third kappa shape index (κ3) is 1.95. The van der Waals surface area contributed by atoms with Crippen LogP contribution in [0.1, 0.15) is 10.5 Å². The van der Waals surface area contributed by atoms with E-state index in [4.69, 9.17) is 5.11 Å². The Hall–Kier alpha value is -2.63. The number of hydrogen-bond donors (Lipinski definition) is 2. The Morgan fingerprint density at radius 2 is 2.00 bits per heavy atom. The Bertz CT molecular complexity index is 676. The third-order valence-corrected chi connectivity index (χ3v) is 2.48. The first-order chi connectivity index (χ1) is 8.50. The molecule has 0 atom stereocenters. The Morgan fingerprint density at radius 1 is 1.33 bits per heavy atom. The lowest BCUT2D eigenvalue weighted by Gasteiger charge is -1.94. The van der Waals surface area contributed by atoms with Crippen molar-refractivity contribution in [2.24, 2.45) is 7.05 Å². The van der Waals surface area contributed by atoms with Crippen LogP contribution in [0, 0.1) is 0 Å². The zero-order chi connectivity index (χ0) is 13.3. The average molecular weight is 246 g/mol. The van der Waals surface area contributed by atoms with Crippen molar-refractivity contribution < 1.29 is 15.0 Å². The van der Waals surface area contributed by atoms with Gasteiger partial charge in [-0.2, -0.15) is 5.10 Å². The summed E-state index contributed by atoms with van der Waals surface area (Å²) in [5, 5.41) is 22.6.